The molecule has 1 fully saturated rings. The van der Waals surface area contributed by atoms with E-state index in [-0.39, 0.29) is 37.0 Å². The lowest BCUT2D eigenvalue weighted by Crippen LogP contribution is -2.43. The Morgan fingerprint density at radius 2 is 1.53 bits per heavy atom. The normalized spacial score (nSPS) is 14.6. The predicted molar refractivity (Wildman–Crippen MR) is 173 cm³/mol. The van der Waals surface area contributed by atoms with E-state index in [2.05, 4.69) is 15.6 Å². The quantitative estimate of drug-likeness (QED) is 0.0971. The summed E-state index contributed by atoms with van der Waals surface area (Å²) >= 11 is 12.4. The summed E-state index contributed by atoms with van der Waals surface area (Å²) in [6.07, 6.45) is -2.92. The molecule has 5 rings (SSSR count). The van der Waals surface area contributed by atoms with Crippen molar-refractivity contribution in [3.05, 3.63) is 104 Å². The van der Waals surface area contributed by atoms with Crippen LogP contribution in [0.25, 0.3) is 10.9 Å². The maximum atomic E-state index is 12.9. The van der Waals surface area contributed by atoms with Crippen molar-refractivity contribution in [1.29, 1.82) is 0 Å². The van der Waals surface area contributed by atoms with Crippen molar-refractivity contribution in [3.63, 3.8) is 0 Å². The molecule has 238 valence electrons. The molecule has 1 aliphatic rings. The van der Waals surface area contributed by atoms with Gasteiger partial charge in [0.15, 0.2) is 0 Å². The number of alkyl halides is 3. The molecule has 1 aliphatic heterocycles. The molecule has 0 spiro atoms. The first kappa shape index (κ1) is 32.7. The maximum absolute atomic E-state index is 12.9. The molecular formula is C33H33Cl2F3N4O3. The second-order valence-corrected chi connectivity index (χ2v) is 12.2. The third-order valence-electron chi connectivity index (χ3n) is 7.95. The minimum absolute atomic E-state index is 0.0147. The maximum Gasteiger partial charge on any atom is 0.401 e. The standard InChI is InChI=1S/C33H33Cl2F3N4O3/c34-23-7-3-20(4-8-23)31(21-5-9-24(35)10-6-21)22-16-26-27(40-25-11-14-42(15-12-25)19-33(36,37)38)18-29(43)41-32(26)28(17-22)39-13-1-2-30(44)45/h3-10,16-18,25,31,39H,1-2,11-15,19H2,(H,44,45)(H2,40,41,43). The summed E-state index contributed by atoms with van der Waals surface area (Å²) < 4.78 is 38.8. The van der Waals surface area contributed by atoms with E-state index in [4.69, 9.17) is 28.3 Å². The van der Waals surface area contributed by atoms with Crippen molar-refractivity contribution in [2.24, 2.45) is 0 Å². The molecule has 45 heavy (non-hydrogen) atoms. The van der Waals surface area contributed by atoms with Crippen LogP contribution in [-0.4, -0.2) is 59.4 Å². The molecule has 0 atom stereocenters. The molecule has 0 bridgehead atoms. The van der Waals surface area contributed by atoms with E-state index in [1.165, 1.54) is 11.0 Å². The molecule has 12 heteroatoms. The number of hydrogen-bond donors (Lipinski definition) is 4. The number of carboxylic acid groups (broad SMARTS) is 1. The van der Waals surface area contributed by atoms with Crippen LogP contribution in [0.5, 0.6) is 0 Å². The highest BCUT2D eigenvalue weighted by molar-refractivity contribution is 6.30. The molecule has 4 aromatic rings. The lowest BCUT2D eigenvalue weighted by molar-refractivity contribution is -0.147. The first-order chi connectivity index (χ1) is 21.4. The summed E-state index contributed by atoms with van der Waals surface area (Å²) in [6, 6.07) is 20.4. The van der Waals surface area contributed by atoms with Gasteiger partial charge in [-0.05, 0) is 72.4 Å². The third-order valence-corrected chi connectivity index (χ3v) is 8.45. The number of anilines is 2. The van der Waals surface area contributed by atoms with Crippen LogP contribution in [-0.2, 0) is 4.79 Å². The predicted octanol–water partition coefficient (Wildman–Crippen LogP) is 7.73. The Balaban J connectivity index is 1.57. The summed E-state index contributed by atoms with van der Waals surface area (Å²) in [5.74, 6) is -1.16. The number of nitrogens with one attached hydrogen (secondary N) is 3. The van der Waals surface area contributed by atoms with Gasteiger partial charge in [-0.3, -0.25) is 14.5 Å². The molecule has 1 aromatic heterocycles. The Hall–Kier alpha value is -3.73. The van der Waals surface area contributed by atoms with E-state index >= 15 is 0 Å². The molecule has 3 aromatic carbocycles. The Kier molecular flexibility index (Phi) is 10.3. The number of halogens is 5. The highest BCUT2D eigenvalue weighted by atomic mass is 35.5. The lowest BCUT2D eigenvalue weighted by atomic mass is 9.84. The molecule has 0 amide bonds. The first-order valence-corrected chi connectivity index (χ1v) is 15.4. The zero-order valence-corrected chi connectivity index (χ0v) is 25.8. The fourth-order valence-corrected chi connectivity index (χ4v) is 6.12. The number of pyridine rings is 1. The number of benzene rings is 3. The number of hydrogen-bond acceptors (Lipinski definition) is 5. The van der Waals surface area contributed by atoms with Gasteiger partial charge in [-0.15, -0.1) is 0 Å². The van der Waals surface area contributed by atoms with Crippen LogP contribution in [0.2, 0.25) is 10.0 Å². The van der Waals surface area contributed by atoms with Crippen molar-refractivity contribution >= 4 is 51.4 Å². The number of fused-ring (bicyclic) bond motifs is 1. The summed E-state index contributed by atoms with van der Waals surface area (Å²) in [6.45, 7) is -0.0102. The van der Waals surface area contributed by atoms with E-state index < -0.39 is 18.7 Å². The van der Waals surface area contributed by atoms with Gasteiger partial charge in [0.1, 0.15) is 0 Å². The molecule has 0 unspecified atom stereocenters. The highest BCUT2D eigenvalue weighted by Gasteiger charge is 2.32. The van der Waals surface area contributed by atoms with Crippen LogP contribution < -0.4 is 16.2 Å². The number of aromatic amines is 1. The number of H-pyrrole nitrogens is 1. The largest absolute Gasteiger partial charge is 0.481 e. The van der Waals surface area contributed by atoms with Crippen LogP contribution in [0.15, 0.2) is 71.5 Å². The zero-order valence-electron chi connectivity index (χ0n) is 24.3. The van der Waals surface area contributed by atoms with Gasteiger partial charge in [-0.2, -0.15) is 13.2 Å². The van der Waals surface area contributed by atoms with Crippen molar-refractivity contribution in [2.45, 2.75) is 43.8 Å². The van der Waals surface area contributed by atoms with Crippen molar-refractivity contribution in [2.75, 3.05) is 36.8 Å². The second kappa shape index (κ2) is 14.1. The van der Waals surface area contributed by atoms with Crippen LogP contribution >= 0.6 is 23.2 Å². The van der Waals surface area contributed by atoms with Crippen molar-refractivity contribution in [3.8, 4) is 0 Å². The van der Waals surface area contributed by atoms with Crippen LogP contribution in [0.3, 0.4) is 0 Å². The van der Waals surface area contributed by atoms with E-state index in [9.17, 15) is 22.8 Å². The zero-order chi connectivity index (χ0) is 32.1. The highest BCUT2D eigenvalue weighted by Crippen LogP contribution is 2.38. The number of likely N-dealkylation sites (tertiary alicyclic amines) is 1. The number of nitrogens with zero attached hydrogens (tertiary/aromatic N) is 1. The Bertz CT molecular complexity index is 1640. The molecule has 7 nitrogen and oxygen atoms in total. The Labute approximate surface area is 268 Å². The lowest BCUT2D eigenvalue weighted by Gasteiger charge is -2.33. The van der Waals surface area contributed by atoms with Crippen LogP contribution in [0, 0.1) is 0 Å². The number of rotatable bonds is 11. The van der Waals surface area contributed by atoms with E-state index in [0.29, 0.717) is 52.7 Å². The average molecular weight is 662 g/mol. The molecular weight excluding hydrogens is 628 g/mol. The Morgan fingerprint density at radius 3 is 2.09 bits per heavy atom. The molecule has 4 N–H and O–H groups in total. The molecule has 0 saturated carbocycles. The second-order valence-electron chi connectivity index (χ2n) is 11.3. The number of carboxylic acids is 1. The number of aliphatic carboxylic acids is 1. The number of aromatic nitrogens is 1. The van der Waals surface area contributed by atoms with Gasteiger partial charge < -0.3 is 20.7 Å². The van der Waals surface area contributed by atoms with Gasteiger partial charge in [-0.1, -0.05) is 47.5 Å². The molecule has 1 saturated heterocycles. The van der Waals surface area contributed by atoms with E-state index in [1.807, 2.05) is 60.7 Å². The first-order valence-electron chi connectivity index (χ1n) is 14.7. The van der Waals surface area contributed by atoms with E-state index in [1.54, 1.807) is 0 Å². The van der Waals surface area contributed by atoms with Crippen LogP contribution in [0.4, 0.5) is 24.5 Å². The monoisotopic (exact) mass is 660 g/mol. The average Bonchev–Trinajstić information content (AvgIpc) is 2.98. The van der Waals surface area contributed by atoms with E-state index in [0.717, 1.165) is 22.1 Å². The fraction of sp³-hybridized carbons (Fsp3) is 0.333. The van der Waals surface area contributed by atoms with Crippen molar-refractivity contribution < 1.29 is 23.1 Å². The molecule has 2 heterocycles. The topological polar surface area (TPSA) is 97.5 Å². The van der Waals surface area contributed by atoms with Gasteiger partial charge in [0.05, 0.1) is 17.7 Å². The SMILES string of the molecule is O=C(O)CCCNc1cc(C(c2ccc(Cl)cc2)c2ccc(Cl)cc2)cc2c(NC3CCN(CC(F)(F)F)CC3)cc(=O)[nH]c12. The Morgan fingerprint density at radius 1 is 0.933 bits per heavy atom. The van der Waals surface area contributed by atoms with Crippen molar-refractivity contribution in [1.82, 2.24) is 9.88 Å². The summed E-state index contributed by atoms with van der Waals surface area (Å²) in [5.41, 5.74) is 4.23. The summed E-state index contributed by atoms with van der Waals surface area (Å²) in [7, 11) is 0. The van der Waals surface area contributed by atoms with Gasteiger partial charge >= 0.3 is 12.1 Å². The third kappa shape index (κ3) is 8.71. The fourth-order valence-electron chi connectivity index (χ4n) is 5.86. The molecule has 0 radical (unpaired) electrons. The summed E-state index contributed by atoms with van der Waals surface area (Å²) in [4.78, 5) is 28.4. The minimum Gasteiger partial charge on any atom is -0.481 e. The van der Waals surface area contributed by atoms with Crippen LogP contribution in [0.1, 0.15) is 48.3 Å². The smallest absolute Gasteiger partial charge is 0.401 e. The van der Waals surface area contributed by atoms with Gasteiger partial charge in [0.2, 0.25) is 0 Å². The number of carbonyl (C=O) groups is 1. The molecule has 0 aliphatic carbocycles. The van der Waals surface area contributed by atoms with Gasteiger partial charge in [-0.25, -0.2) is 0 Å². The van der Waals surface area contributed by atoms with Gasteiger partial charge in [0, 0.05) is 65.2 Å². The summed E-state index contributed by atoms with van der Waals surface area (Å²) in [5, 5.41) is 17.8. The van der Waals surface area contributed by atoms with Gasteiger partial charge in [0.25, 0.3) is 5.56 Å². The number of piperidine rings is 1. The minimum atomic E-state index is -4.25.